The molecule has 2 aromatic carbocycles. The van der Waals surface area contributed by atoms with Gasteiger partial charge in [0, 0.05) is 36.7 Å². The minimum atomic E-state index is -0.709. The molecule has 5 rings (SSSR count). The number of phenols is 2. The van der Waals surface area contributed by atoms with Gasteiger partial charge in [0.25, 0.3) is 0 Å². The summed E-state index contributed by atoms with van der Waals surface area (Å²) in [5, 5.41) is 20.9. The second-order valence-corrected chi connectivity index (χ2v) is 9.56. The smallest absolute Gasteiger partial charge is 0.187 e. The highest BCUT2D eigenvalue weighted by molar-refractivity contribution is 5.57. The maximum absolute atomic E-state index is 10.6. The number of hydrogen-bond acceptors (Lipinski definition) is 6. The van der Waals surface area contributed by atoms with Gasteiger partial charge >= 0.3 is 0 Å². The van der Waals surface area contributed by atoms with Crippen molar-refractivity contribution >= 4 is 0 Å². The van der Waals surface area contributed by atoms with Gasteiger partial charge in [0.15, 0.2) is 11.7 Å². The van der Waals surface area contributed by atoms with Crippen LogP contribution < -0.4 is 9.47 Å². The number of ether oxygens (including phenoxy) is 2. The number of nitrogens with zero attached hydrogens (tertiary/aromatic N) is 2. The number of aryl methyl sites for hydroxylation is 2. The highest BCUT2D eigenvalue weighted by Crippen LogP contribution is 2.55. The fraction of sp³-hybridized carbons (Fsp3) is 0.520. The van der Waals surface area contributed by atoms with Gasteiger partial charge in [0.05, 0.1) is 0 Å². The number of phenolic OH excluding ortho intramolecular Hbond substituents is 2. The lowest BCUT2D eigenvalue weighted by molar-refractivity contribution is -0.0645. The van der Waals surface area contributed by atoms with Crippen molar-refractivity contribution in [3.8, 4) is 23.0 Å². The molecular formula is C25H32N2O4. The van der Waals surface area contributed by atoms with Crippen molar-refractivity contribution in [2.24, 2.45) is 0 Å². The van der Waals surface area contributed by atoms with Gasteiger partial charge in [-0.05, 0) is 75.8 Å². The molecule has 0 amide bonds. The van der Waals surface area contributed by atoms with Crippen molar-refractivity contribution in [1.82, 2.24) is 9.80 Å². The first-order valence-electron chi connectivity index (χ1n) is 11.2. The fourth-order valence-corrected chi connectivity index (χ4v) is 5.39. The SMILES string of the molecule is Cc1cc2c(cc1O)[C@@H](C)[C@H]1Oc3cc(C)c(O)cc3[C@@]1(CN1CCCN(C)CC1)O2. The minimum absolute atomic E-state index is 0.0275. The number of rotatable bonds is 2. The van der Waals surface area contributed by atoms with Crippen molar-refractivity contribution in [2.45, 2.75) is 44.8 Å². The molecule has 6 heteroatoms. The van der Waals surface area contributed by atoms with E-state index < -0.39 is 5.60 Å². The molecule has 1 fully saturated rings. The van der Waals surface area contributed by atoms with Crippen molar-refractivity contribution in [1.29, 1.82) is 0 Å². The van der Waals surface area contributed by atoms with Crippen LogP contribution in [-0.4, -0.2) is 65.9 Å². The number of likely N-dealkylation sites (N-methyl/N-ethyl adjacent to an activating group) is 1. The van der Waals surface area contributed by atoms with Gasteiger partial charge in [-0.25, -0.2) is 0 Å². The Morgan fingerprint density at radius 1 is 0.968 bits per heavy atom. The van der Waals surface area contributed by atoms with Crippen molar-refractivity contribution in [2.75, 3.05) is 39.8 Å². The topological polar surface area (TPSA) is 65.4 Å². The van der Waals surface area contributed by atoms with Gasteiger partial charge in [-0.15, -0.1) is 0 Å². The summed E-state index contributed by atoms with van der Waals surface area (Å²) in [6, 6.07) is 7.50. The summed E-state index contributed by atoms with van der Waals surface area (Å²) in [5.41, 5.74) is 2.76. The molecular weight excluding hydrogens is 392 g/mol. The van der Waals surface area contributed by atoms with Gasteiger partial charge in [-0.1, -0.05) is 6.92 Å². The Morgan fingerprint density at radius 3 is 2.45 bits per heavy atom. The Kier molecular flexibility index (Phi) is 4.83. The minimum Gasteiger partial charge on any atom is -0.508 e. The molecule has 3 aliphatic rings. The normalized spacial score (nSPS) is 28.1. The van der Waals surface area contributed by atoms with Crippen LogP contribution in [0.5, 0.6) is 23.0 Å². The van der Waals surface area contributed by atoms with E-state index in [1.807, 2.05) is 38.1 Å². The summed E-state index contributed by atoms with van der Waals surface area (Å²) >= 11 is 0. The summed E-state index contributed by atoms with van der Waals surface area (Å²) in [6.45, 7) is 10.7. The Labute approximate surface area is 184 Å². The van der Waals surface area contributed by atoms with E-state index >= 15 is 0 Å². The van der Waals surface area contributed by atoms with Crippen LogP contribution in [0.25, 0.3) is 0 Å². The fourth-order valence-electron chi connectivity index (χ4n) is 5.39. The second kappa shape index (κ2) is 7.31. The van der Waals surface area contributed by atoms with E-state index in [-0.39, 0.29) is 23.5 Å². The predicted molar refractivity (Wildman–Crippen MR) is 119 cm³/mol. The standard InChI is InChI=1S/C25H32N2O4/c1-15-10-22-18(12-20(15)28)17(3)24-25(31-22,14-27-7-5-6-26(4)8-9-27)19-13-21(29)16(2)11-23(19)30-24/h10-13,17,24,28-29H,5-9,14H2,1-4H3/t17-,24-,25-/m1/s1. The highest BCUT2D eigenvalue weighted by atomic mass is 16.6. The lowest BCUT2D eigenvalue weighted by Crippen LogP contribution is -2.56. The van der Waals surface area contributed by atoms with Gasteiger partial charge < -0.3 is 24.6 Å². The van der Waals surface area contributed by atoms with Crippen LogP contribution in [0.2, 0.25) is 0 Å². The van der Waals surface area contributed by atoms with E-state index in [4.69, 9.17) is 9.47 Å². The molecule has 2 aromatic rings. The Hall–Kier alpha value is -2.44. The third-order valence-corrected chi connectivity index (χ3v) is 7.30. The molecule has 3 atom stereocenters. The Morgan fingerprint density at radius 2 is 1.68 bits per heavy atom. The van der Waals surface area contributed by atoms with Crippen LogP contribution in [0.4, 0.5) is 0 Å². The first-order valence-corrected chi connectivity index (χ1v) is 11.2. The summed E-state index contributed by atoms with van der Waals surface area (Å²) < 4.78 is 13.4. The van der Waals surface area contributed by atoms with Crippen LogP contribution in [0.3, 0.4) is 0 Å². The molecule has 0 spiro atoms. The predicted octanol–water partition coefficient (Wildman–Crippen LogP) is 3.50. The molecule has 0 aliphatic carbocycles. The lowest BCUT2D eigenvalue weighted by Gasteiger charge is -2.45. The van der Waals surface area contributed by atoms with E-state index in [1.165, 1.54) is 0 Å². The van der Waals surface area contributed by atoms with Crippen molar-refractivity contribution < 1.29 is 19.7 Å². The summed E-state index contributed by atoms with van der Waals surface area (Å²) in [6.07, 6.45) is 0.878. The second-order valence-electron chi connectivity index (χ2n) is 9.56. The monoisotopic (exact) mass is 424 g/mol. The van der Waals surface area contributed by atoms with E-state index in [0.29, 0.717) is 6.54 Å². The van der Waals surface area contributed by atoms with E-state index in [9.17, 15) is 10.2 Å². The van der Waals surface area contributed by atoms with Crippen molar-refractivity contribution in [3.63, 3.8) is 0 Å². The lowest BCUT2D eigenvalue weighted by atomic mass is 9.77. The van der Waals surface area contributed by atoms with Gasteiger partial charge in [0.2, 0.25) is 0 Å². The largest absolute Gasteiger partial charge is 0.508 e. The zero-order valence-electron chi connectivity index (χ0n) is 18.8. The maximum atomic E-state index is 10.6. The molecule has 1 saturated heterocycles. The molecule has 31 heavy (non-hydrogen) atoms. The van der Waals surface area contributed by atoms with E-state index in [1.54, 1.807) is 0 Å². The molecule has 2 N–H and O–H groups in total. The average molecular weight is 425 g/mol. The summed E-state index contributed by atoms with van der Waals surface area (Å²) in [7, 11) is 2.17. The Balaban J connectivity index is 1.62. The number of aromatic hydroxyl groups is 2. The van der Waals surface area contributed by atoms with Crippen LogP contribution in [-0.2, 0) is 5.60 Å². The number of hydrogen-bond donors (Lipinski definition) is 2. The molecule has 0 radical (unpaired) electrons. The molecule has 0 bridgehead atoms. The summed E-state index contributed by atoms with van der Waals surface area (Å²) in [5.74, 6) is 2.15. The molecule has 3 aliphatic heterocycles. The van der Waals surface area contributed by atoms with Crippen LogP contribution >= 0.6 is 0 Å². The Bertz CT molecular complexity index is 1020. The molecule has 6 nitrogen and oxygen atoms in total. The molecule has 166 valence electrons. The third kappa shape index (κ3) is 3.24. The number of fused-ring (bicyclic) bond motifs is 4. The van der Waals surface area contributed by atoms with Crippen molar-refractivity contribution in [3.05, 3.63) is 46.5 Å². The summed E-state index contributed by atoms with van der Waals surface area (Å²) in [4.78, 5) is 4.84. The maximum Gasteiger partial charge on any atom is 0.187 e. The zero-order chi connectivity index (χ0) is 21.9. The first-order chi connectivity index (χ1) is 14.8. The molecule has 0 unspecified atom stereocenters. The third-order valence-electron chi connectivity index (χ3n) is 7.30. The quantitative estimate of drug-likeness (QED) is 0.769. The molecule has 0 aromatic heterocycles. The highest BCUT2D eigenvalue weighted by Gasteiger charge is 2.58. The zero-order valence-corrected chi connectivity index (χ0v) is 18.8. The van der Waals surface area contributed by atoms with Crippen LogP contribution in [0, 0.1) is 13.8 Å². The first kappa shape index (κ1) is 20.5. The average Bonchev–Trinajstić information content (AvgIpc) is 2.86. The van der Waals surface area contributed by atoms with Gasteiger partial charge in [0.1, 0.15) is 23.0 Å². The van der Waals surface area contributed by atoms with Gasteiger partial charge in [-0.2, -0.15) is 0 Å². The van der Waals surface area contributed by atoms with Crippen LogP contribution in [0.15, 0.2) is 24.3 Å². The van der Waals surface area contributed by atoms with E-state index in [0.717, 1.165) is 66.4 Å². The van der Waals surface area contributed by atoms with Gasteiger partial charge in [-0.3, -0.25) is 4.90 Å². The molecule has 3 heterocycles. The molecule has 0 saturated carbocycles. The van der Waals surface area contributed by atoms with E-state index in [2.05, 4.69) is 23.8 Å². The van der Waals surface area contributed by atoms with Crippen LogP contribution in [0.1, 0.15) is 41.5 Å². The number of benzene rings is 2.